The van der Waals surface area contributed by atoms with Crippen LogP contribution in [0, 0.1) is 0 Å². The first-order valence-corrected chi connectivity index (χ1v) is 11.1. The van der Waals surface area contributed by atoms with E-state index in [-0.39, 0.29) is 19.7 Å². The lowest BCUT2D eigenvalue weighted by Gasteiger charge is -2.37. The first-order chi connectivity index (χ1) is 13.4. The topological polar surface area (TPSA) is 111 Å². The molecule has 2 atom stereocenters. The maximum absolute atomic E-state index is 12.4. The van der Waals surface area contributed by atoms with Crippen LogP contribution in [-0.2, 0) is 30.4 Å². The Labute approximate surface area is 171 Å². The van der Waals surface area contributed by atoms with E-state index in [9.17, 15) is 18.0 Å². The Kier molecular flexibility index (Phi) is 7.48. The van der Waals surface area contributed by atoms with E-state index < -0.39 is 40.1 Å². The van der Waals surface area contributed by atoms with Gasteiger partial charge in [0.2, 0.25) is 0 Å². The van der Waals surface area contributed by atoms with E-state index in [1.807, 2.05) is 30.3 Å². The summed E-state index contributed by atoms with van der Waals surface area (Å²) in [7, 11) is -3.80. The number of likely N-dealkylation sites (tertiary alicyclic amines) is 1. The zero-order chi connectivity index (χ0) is 21.7. The molecule has 1 saturated heterocycles. The summed E-state index contributed by atoms with van der Waals surface area (Å²) in [5.74, 6) is 0. The van der Waals surface area contributed by atoms with Gasteiger partial charge in [-0.2, -0.15) is 8.42 Å². The van der Waals surface area contributed by atoms with Crippen molar-refractivity contribution in [3.8, 4) is 0 Å². The molecule has 1 aliphatic rings. The number of rotatable bonds is 5. The summed E-state index contributed by atoms with van der Waals surface area (Å²) in [6.07, 6.45) is -0.990. The molecule has 2 unspecified atom stereocenters. The lowest BCUT2D eigenvalue weighted by Crippen LogP contribution is -2.57. The smallest absolute Gasteiger partial charge is 0.410 e. The highest BCUT2D eigenvalue weighted by atomic mass is 32.2. The number of alkyl carbamates (subject to hydrolysis) is 1. The number of nitrogens with one attached hydrogen (secondary N) is 1. The Bertz CT molecular complexity index is 806. The Morgan fingerprint density at radius 1 is 1.21 bits per heavy atom. The van der Waals surface area contributed by atoms with Gasteiger partial charge in [-0.15, -0.1) is 0 Å². The van der Waals surface area contributed by atoms with Crippen LogP contribution in [0.4, 0.5) is 9.59 Å². The van der Waals surface area contributed by atoms with E-state index in [2.05, 4.69) is 5.32 Å². The van der Waals surface area contributed by atoms with Crippen molar-refractivity contribution < 1.29 is 31.7 Å². The van der Waals surface area contributed by atoms with Gasteiger partial charge < -0.3 is 19.7 Å². The fourth-order valence-electron chi connectivity index (χ4n) is 2.84. The van der Waals surface area contributed by atoms with E-state index in [0.29, 0.717) is 6.42 Å². The van der Waals surface area contributed by atoms with E-state index in [1.54, 1.807) is 20.8 Å². The van der Waals surface area contributed by atoms with Crippen molar-refractivity contribution in [1.29, 1.82) is 0 Å². The Morgan fingerprint density at radius 3 is 2.45 bits per heavy atom. The maximum atomic E-state index is 12.4. The number of ether oxygens (including phenoxy) is 2. The molecule has 1 aromatic carbocycles. The van der Waals surface area contributed by atoms with Crippen LogP contribution in [-0.4, -0.2) is 62.6 Å². The van der Waals surface area contributed by atoms with Crippen LogP contribution >= 0.6 is 0 Å². The molecule has 1 aliphatic heterocycles. The first-order valence-electron chi connectivity index (χ1n) is 9.26. The van der Waals surface area contributed by atoms with E-state index >= 15 is 0 Å². The Morgan fingerprint density at radius 2 is 1.86 bits per heavy atom. The number of benzene rings is 1. The molecule has 0 aromatic heterocycles. The molecular weight excluding hydrogens is 400 g/mol. The van der Waals surface area contributed by atoms with Crippen molar-refractivity contribution in [1.82, 2.24) is 10.2 Å². The van der Waals surface area contributed by atoms with Gasteiger partial charge in [-0.05, 0) is 32.8 Å². The second-order valence-electron chi connectivity index (χ2n) is 7.87. The van der Waals surface area contributed by atoms with Crippen LogP contribution in [0.15, 0.2) is 30.3 Å². The number of carbonyl (C=O) groups is 2. The van der Waals surface area contributed by atoms with Gasteiger partial charge in [0.1, 0.15) is 18.3 Å². The van der Waals surface area contributed by atoms with Gasteiger partial charge in [0, 0.05) is 6.54 Å². The van der Waals surface area contributed by atoms with Gasteiger partial charge in [-0.3, -0.25) is 4.18 Å². The number of hydrogen-bond acceptors (Lipinski definition) is 7. The summed E-state index contributed by atoms with van der Waals surface area (Å²) in [5, 5.41) is 2.64. The minimum Gasteiger partial charge on any atom is -0.445 e. The molecule has 9 nitrogen and oxygen atoms in total. The quantitative estimate of drug-likeness (QED) is 0.716. The first kappa shape index (κ1) is 23.0. The molecule has 29 heavy (non-hydrogen) atoms. The zero-order valence-corrected chi connectivity index (χ0v) is 17.9. The fraction of sp³-hybridized carbons (Fsp3) is 0.579. The molecule has 0 bridgehead atoms. The highest BCUT2D eigenvalue weighted by molar-refractivity contribution is 7.86. The number of carbonyl (C=O) groups excluding carboxylic acids is 2. The van der Waals surface area contributed by atoms with Crippen molar-refractivity contribution in [2.45, 2.75) is 51.5 Å². The third-order valence-electron chi connectivity index (χ3n) is 4.02. The van der Waals surface area contributed by atoms with Crippen molar-refractivity contribution in [3.63, 3.8) is 0 Å². The summed E-state index contributed by atoms with van der Waals surface area (Å²) >= 11 is 0. The van der Waals surface area contributed by atoms with E-state index in [4.69, 9.17) is 13.7 Å². The summed E-state index contributed by atoms with van der Waals surface area (Å²) in [6.45, 7) is 5.51. The van der Waals surface area contributed by atoms with E-state index in [0.717, 1.165) is 11.8 Å². The standard InChI is InChI=1S/C19H28N2O7S/c1-19(2,3)27-17(22)20-15-10-11-21(12-16(15)28-29(4,24)25)18(23)26-13-14-8-6-5-7-9-14/h5-9,15-16H,10-13H2,1-4H3,(H,20,22). The van der Waals surface area contributed by atoms with Gasteiger partial charge in [-0.25, -0.2) is 9.59 Å². The third-order valence-corrected chi connectivity index (χ3v) is 4.62. The molecular formula is C19H28N2O7S. The third kappa shape index (κ3) is 8.28. The lowest BCUT2D eigenvalue weighted by atomic mass is 10.0. The van der Waals surface area contributed by atoms with Crippen LogP contribution in [0.1, 0.15) is 32.8 Å². The second kappa shape index (κ2) is 9.45. The fourth-order valence-corrected chi connectivity index (χ4v) is 3.48. The molecule has 0 saturated carbocycles. The molecule has 1 aromatic rings. The van der Waals surface area contributed by atoms with Gasteiger partial charge >= 0.3 is 12.2 Å². The van der Waals surface area contributed by atoms with Crippen LogP contribution in [0.25, 0.3) is 0 Å². The molecule has 0 aliphatic carbocycles. The average Bonchev–Trinajstić information content (AvgIpc) is 2.59. The largest absolute Gasteiger partial charge is 0.445 e. The molecule has 0 radical (unpaired) electrons. The highest BCUT2D eigenvalue weighted by Gasteiger charge is 2.36. The van der Waals surface area contributed by atoms with Crippen LogP contribution in [0.5, 0.6) is 0 Å². The number of amides is 2. The van der Waals surface area contributed by atoms with Gasteiger partial charge in [0.25, 0.3) is 10.1 Å². The average molecular weight is 429 g/mol. The van der Waals surface area contributed by atoms with E-state index in [1.165, 1.54) is 4.90 Å². The summed E-state index contributed by atoms with van der Waals surface area (Å²) in [4.78, 5) is 25.8. The molecule has 1 fully saturated rings. The normalized spacial score (nSPS) is 20.1. The second-order valence-corrected chi connectivity index (χ2v) is 9.47. The predicted octanol–water partition coefficient (Wildman–Crippen LogP) is 2.27. The minimum atomic E-state index is -3.80. The molecule has 1 heterocycles. The van der Waals surface area contributed by atoms with Crippen LogP contribution < -0.4 is 5.32 Å². The number of hydrogen-bond donors (Lipinski definition) is 1. The molecule has 0 spiro atoms. The Hall–Kier alpha value is -2.33. The Balaban J connectivity index is 1.99. The van der Waals surface area contributed by atoms with Crippen molar-refractivity contribution in [3.05, 3.63) is 35.9 Å². The zero-order valence-electron chi connectivity index (χ0n) is 17.1. The summed E-state index contributed by atoms with van der Waals surface area (Å²) < 4.78 is 38.9. The molecule has 162 valence electrons. The number of nitrogens with zero attached hydrogens (tertiary/aromatic N) is 1. The van der Waals surface area contributed by atoms with Gasteiger partial charge in [0.15, 0.2) is 0 Å². The molecule has 1 N–H and O–H groups in total. The molecule has 2 amide bonds. The molecule has 10 heteroatoms. The highest BCUT2D eigenvalue weighted by Crippen LogP contribution is 2.18. The van der Waals surface area contributed by atoms with Crippen LogP contribution in [0.2, 0.25) is 0 Å². The SMILES string of the molecule is CC(C)(C)OC(=O)NC1CCN(C(=O)OCc2ccccc2)CC1OS(C)(=O)=O. The number of piperidine rings is 1. The minimum absolute atomic E-state index is 0.0405. The maximum Gasteiger partial charge on any atom is 0.410 e. The summed E-state index contributed by atoms with van der Waals surface area (Å²) in [6, 6.07) is 8.58. The molecule has 2 rings (SSSR count). The van der Waals surface area contributed by atoms with Crippen LogP contribution in [0.3, 0.4) is 0 Å². The lowest BCUT2D eigenvalue weighted by molar-refractivity contribution is 0.0254. The van der Waals surface area contributed by atoms with Crippen molar-refractivity contribution >= 4 is 22.3 Å². The summed E-state index contributed by atoms with van der Waals surface area (Å²) in [5.41, 5.74) is 0.144. The van der Waals surface area contributed by atoms with Crippen molar-refractivity contribution in [2.75, 3.05) is 19.3 Å². The van der Waals surface area contributed by atoms with Gasteiger partial charge in [-0.1, -0.05) is 30.3 Å². The van der Waals surface area contributed by atoms with Crippen molar-refractivity contribution in [2.24, 2.45) is 0 Å². The monoisotopic (exact) mass is 428 g/mol. The van der Waals surface area contributed by atoms with Gasteiger partial charge in [0.05, 0.1) is 18.8 Å². The predicted molar refractivity (Wildman–Crippen MR) is 106 cm³/mol.